The van der Waals surface area contributed by atoms with Crippen molar-refractivity contribution in [1.82, 2.24) is 0 Å². The van der Waals surface area contributed by atoms with Gasteiger partial charge in [0, 0.05) is 45.8 Å². The normalized spacial score (nSPS) is 13.4. The van der Waals surface area contributed by atoms with Crippen LogP contribution < -0.4 is 0 Å². The van der Waals surface area contributed by atoms with Gasteiger partial charge in [0.05, 0.1) is 0 Å². The van der Waals surface area contributed by atoms with Crippen LogP contribution in [0.25, 0.3) is 117 Å². The van der Waals surface area contributed by atoms with Crippen LogP contribution in [0, 0.1) is 0 Å². The average Bonchev–Trinajstić information content (AvgIpc) is 3.91. The van der Waals surface area contributed by atoms with Gasteiger partial charge in [0.2, 0.25) is 0 Å². The molecule has 0 nitrogen and oxygen atoms in total. The third-order valence-electron chi connectivity index (χ3n) is 13.2. The van der Waals surface area contributed by atoms with Crippen molar-refractivity contribution in [2.75, 3.05) is 0 Å². The Balaban J connectivity index is 0.919. The van der Waals surface area contributed by atoms with Crippen LogP contribution in [-0.2, 0) is 5.41 Å². The van der Waals surface area contributed by atoms with Gasteiger partial charge in [-0.05, 0) is 130 Å². The molecule has 0 aliphatic heterocycles. The van der Waals surface area contributed by atoms with Crippen LogP contribution >= 0.6 is 22.7 Å². The van der Waals surface area contributed by atoms with Gasteiger partial charge in [0.25, 0.3) is 0 Å². The first-order valence-electron chi connectivity index (χ1n) is 20.5. The maximum Gasteiger partial charge on any atom is 0.0362 e. The summed E-state index contributed by atoms with van der Waals surface area (Å²) in [5.41, 5.74) is 13.0. The number of fused-ring (bicyclic) bond motifs is 13. The first kappa shape index (κ1) is 33.4. The summed E-state index contributed by atoms with van der Waals surface area (Å²) in [7, 11) is 0. The zero-order chi connectivity index (χ0) is 39.0. The van der Waals surface area contributed by atoms with Crippen LogP contribution in [0.2, 0.25) is 0 Å². The minimum atomic E-state index is -0.162. The maximum absolute atomic E-state index is 2.49. The van der Waals surface area contributed by atoms with Gasteiger partial charge in [-0.3, -0.25) is 0 Å². The van der Waals surface area contributed by atoms with E-state index in [0.717, 1.165) is 0 Å². The lowest BCUT2D eigenvalue weighted by Gasteiger charge is -2.23. The topological polar surface area (TPSA) is 0 Å². The Bertz CT molecular complexity index is 3690. The molecular weight excluding hydrogens is 749 g/mol. The zero-order valence-corrected chi connectivity index (χ0v) is 34.3. The molecule has 2 heterocycles. The molecule has 1 aliphatic carbocycles. The van der Waals surface area contributed by atoms with E-state index in [2.05, 4.69) is 196 Å². The van der Waals surface area contributed by atoms with Gasteiger partial charge < -0.3 is 0 Å². The summed E-state index contributed by atoms with van der Waals surface area (Å²) in [5.74, 6) is 0. The molecule has 0 spiro atoms. The Morgan fingerprint density at radius 3 is 1.58 bits per heavy atom. The first-order valence-corrected chi connectivity index (χ1v) is 22.1. The maximum atomic E-state index is 2.49. The van der Waals surface area contributed by atoms with E-state index in [1.807, 2.05) is 22.7 Å². The fraction of sp³-hybridized carbons (Fsp3) is 0.0526. The molecule has 0 atom stereocenters. The smallest absolute Gasteiger partial charge is 0.0362 e. The van der Waals surface area contributed by atoms with E-state index in [4.69, 9.17) is 0 Å². The first-order chi connectivity index (χ1) is 29.0. The Kier molecular flexibility index (Phi) is 6.92. The molecule has 2 aromatic heterocycles. The predicted octanol–water partition coefficient (Wildman–Crippen LogP) is 17.2. The molecule has 0 bridgehead atoms. The van der Waals surface area contributed by atoms with Crippen LogP contribution in [0.3, 0.4) is 0 Å². The largest absolute Gasteiger partial charge is 0.135 e. The van der Waals surface area contributed by atoms with Gasteiger partial charge in [-0.2, -0.15) is 0 Å². The molecule has 276 valence electrons. The van der Waals surface area contributed by atoms with Gasteiger partial charge in [0.1, 0.15) is 0 Å². The molecule has 0 saturated carbocycles. The molecule has 0 N–H and O–H groups in total. The second-order valence-electron chi connectivity index (χ2n) is 16.8. The molecule has 0 fully saturated rings. The molecule has 2 heteroatoms. The summed E-state index contributed by atoms with van der Waals surface area (Å²) in [4.78, 5) is 0. The highest BCUT2D eigenvalue weighted by Gasteiger charge is 2.36. The van der Waals surface area contributed by atoms with E-state index < -0.39 is 0 Å². The Hall–Kier alpha value is -6.58. The van der Waals surface area contributed by atoms with Crippen molar-refractivity contribution in [3.05, 3.63) is 193 Å². The van der Waals surface area contributed by atoms with E-state index in [9.17, 15) is 0 Å². The lowest BCUT2D eigenvalue weighted by atomic mass is 9.80. The van der Waals surface area contributed by atoms with E-state index in [-0.39, 0.29) is 5.41 Å². The Morgan fingerprint density at radius 1 is 0.322 bits per heavy atom. The standard InChI is InChI=1S/C57H36S2/c1-57(2)48-29-34(35-21-26-45-52(31-35)59-51-27-23-36-28-47-40-14-10-11-19-50(40)58-53(47)32-46(36)56(45)51)20-24-38(48)39-25-22-37(30-49(39)57)55-43-17-8-6-15-41(43)54(33-12-4-3-5-13-33)42-16-7-9-18-44(42)55/h3-32H,1-2H3. The number of benzene rings is 10. The second kappa shape index (κ2) is 12.2. The molecule has 0 radical (unpaired) electrons. The highest BCUT2D eigenvalue weighted by atomic mass is 32.1. The minimum Gasteiger partial charge on any atom is -0.135 e. The zero-order valence-electron chi connectivity index (χ0n) is 32.6. The van der Waals surface area contributed by atoms with Crippen molar-refractivity contribution in [1.29, 1.82) is 0 Å². The Morgan fingerprint density at radius 2 is 0.864 bits per heavy atom. The molecule has 10 aromatic carbocycles. The summed E-state index contributed by atoms with van der Waals surface area (Å²) in [5, 5.41) is 13.3. The molecular formula is C57H36S2. The van der Waals surface area contributed by atoms with Gasteiger partial charge in [0.15, 0.2) is 0 Å². The molecule has 0 unspecified atom stereocenters. The van der Waals surface area contributed by atoms with Crippen LogP contribution in [0.15, 0.2) is 182 Å². The van der Waals surface area contributed by atoms with Gasteiger partial charge in [-0.25, -0.2) is 0 Å². The highest BCUT2D eigenvalue weighted by molar-refractivity contribution is 7.26. The van der Waals surface area contributed by atoms with Gasteiger partial charge in [-0.15, -0.1) is 22.7 Å². The summed E-state index contributed by atoms with van der Waals surface area (Å²) in [6.07, 6.45) is 0. The van der Waals surface area contributed by atoms with Crippen LogP contribution in [0.1, 0.15) is 25.0 Å². The summed E-state index contributed by atoms with van der Waals surface area (Å²) in [6.45, 7) is 4.82. The third kappa shape index (κ3) is 4.76. The molecule has 12 aromatic rings. The summed E-state index contributed by atoms with van der Waals surface area (Å²) in [6, 6.07) is 68.6. The van der Waals surface area contributed by atoms with Crippen molar-refractivity contribution in [3.8, 4) is 44.5 Å². The van der Waals surface area contributed by atoms with E-state index >= 15 is 0 Å². The highest BCUT2D eigenvalue weighted by Crippen LogP contribution is 2.53. The van der Waals surface area contributed by atoms with Crippen molar-refractivity contribution < 1.29 is 0 Å². The number of hydrogen-bond acceptors (Lipinski definition) is 2. The molecule has 13 rings (SSSR count). The van der Waals surface area contributed by atoms with Crippen LogP contribution in [0.5, 0.6) is 0 Å². The fourth-order valence-electron chi connectivity index (χ4n) is 10.4. The average molecular weight is 785 g/mol. The third-order valence-corrected chi connectivity index (χ3v) is 15.5. The lowest BCUT2D eigenvalue weighted by molar-refractivity contribution is 0.661. The molecule has 1 aliphatic rings. The fourth-order valence-corrected chi connectivity index (χ4v) is 12.7. The second-order valence-corrected chi connectivity index (χ2v) is 18.9. The van der Waals surface area contributed by atoms with Gasteiger partial charge >= 0.3 is 0 Å². The monoisotopic (exact) mass is 784 g/mol. The number of rotatable bonds is 3. The number of thiophene rings is 2. The quantitative estimate of drug-likeness (QED) is 0.157. The summed E-state index contributed by atoms with van der Waals surface area (Å²) < 4.78 is 5.40. The van der Waals surface area contributed by atoms with Crippen molar-refractivity contribution >= 4 is 95.3 Å². The predicted molar refractivity (Wildman–Crippen MR) is 259 cm³/mol. The molecule has 59 heavy (non-hydrogen) atoms. The van der Waals surface area contributed by atoms with Crippen molar-refractivity contribution in [3.63, 3.8) is 0 Å². The number of hydrogen-bond donors (Lipinski definition) is 0. The minimum absolute atomic E-state index is 0.162. The summed E-state index contributed by atoms with van der Waals surface area (Å²) >= 11 is 3.82. The lowest BCUT2D eigenvalue weighted by Crippen LogP contribution is -2.15. The van der Waals surface area contributed by atoms with Crippen molar-refractivity contribution in [2.45, 2.75) is 19.3 Å². The van der Waals surface area contributed by atoms with Gasteiger partial charge in [-0.1, -0.05) is 153 Å². The molecule has 0 saturated heterocycles. The SMILES string of the molecule is CC1(C)c2cc(-c3ccc4c(c3)sc3ccc5cc6c(cc5c34)sc3ccccc36)ccc2-c2ccc(-c3c4ccccc4c(-c4ccccc4)c4ccccc34)cc21. The van der Waals surface area contributed by atoms with E-state index in [1.165, 1.54) is 128 Å². The van der Waals surface area contributed by atoms with E-state index in [1.54, 1.807) is 0 Å². The molecule has 0 amide bonds. The van der Waals surface area contributed by atoms with Crippen LogP contribution in [-0.4, -0.2) is 0 Å². The van der Waals surface area contributed by atoms with E-state index in [0.29, 0.717) is 0 Å². The Labute approximate surface area is 350 Å². The van der Waals surface area contributed by atoms with Crippen molar-refractivity contribution in [2.24, 2.45) is 0 Å². The van der Waals surface area contributed by atoms with Crippen LogP contribution in [0.4, 0.5) is 0 Å².